The Morgan fingerprint density at radius 2 is 1.60 bits per heavy atom. The third-order valence-electron chi connectivity index (χ3n) is 3.01. The number of hydrogen-bond acceptors (Lipinski definition) is 3. The second kappa shape index (κ2) is 5.28. The van der Waals surface area contributed by atoms with Gasteiger partial charge in [-0.1, -0.05) is 34.6 Å². The fraction of sp³-hybridized carbons (Fsp3) is 1.00. The Balaban J connectivity index is 4.11. The lowest BCUT2D eigenvalue weighted by molar-refractivity contribution is -0.0739. The Morgan fingerprint density at radius 3 is 1.93 bits per heavy atom. The Kier molecular flexibility index (Phi) is 5.24. The molecule has 0 spiro atoms. The van der Waals surface area contributed by atoms with Gasteiger partial charge in [-0.25, -0.2) is 0 Å². The first-order valence-corrected chi connectivity index (χ1v) is 5.70. The Hall–Kier alpha value is -0.120. The standard InChI is InChI=1S/C12H27NO2/c1-9(2)13-8-10(14)7-12(6,15)11(3,4)5/h9-10,13-15H,7-8H2,1-6H3/t10-,12+/m0/s1. The average molecular weight is 217 g/mol. The SMILES string of the molecule is CC(C)NC[C@@H](O)C[C@@](C)(O)C(C)(C)C. The highest BCUT2D eigenvalue weighted by Gasteiger charge is 2.36. The molecule has 0 fully saturated rings. The zero-order valence-corrected chi connectivity index (χ0v) is 11.0. The molecule has 0 rings (SSSR count). The van der Waals surface area contributed by atoms with E-state index in [9.17, 15) is 10.2 Å². The third kappa shape index (κ3) is 5.50. The number of aliphatic hydroxyl groups is 2. The van der Waals surface area contributed by atoms with E-state index in [0.29, 0.717) is 19.0 Å². The minimum Gasteiger partial charge on any atom is -0.392 e. The molecule has 0 saturated heterocycles. The molecule has 3 nitrogen and oxygen atoms in total. The van der Waals surface area contributed by atoms with E-state index in [1.54, 1.807) is 6.92 Å². The van der Waals surface area contributed by atoms with Gasteiger partial charge in [0.2, 0.25) is 0 Å². The van der Waals surface area contributed by atoms with Gasteiger partial charge in [0.25, 0.3) is 0 Å². The van der Waals surface area contributed by atoms with Gasteiger partial charge in [0.05, 0.1) is 11.7 Å². The Labute approximate surface area is 93.9 Å². The lowest BCUT2D eigenvalue weighted by Crippen LogP contribution is -2.45. The van der Waals surface area contributed by atoms with Gasteiger partial charge in [-0.15, -0.1) is 0 Å². The predicted octanol–water partition coefficient (Wildman–Crippen LogP) is 1.53. The Bertz CT molecular complexity index is 183. The van der Waals surface area contributed by atoms with Crippen LogP contribution in [0.2, 0.25) is 0 Å². The quantitative estimate of drug-likeness (QED) is 0.654. The number of rotatable bonds is 5. The molecule has 15 heavy (non-hydrogen) atoms. The van der Waals surface area contributed by atoms with Crippen LogP contribution in [-0.2, 0) is 0 Å². The van der Waals surface area contributed by atoms with Crippen molar-refractivity contribution in [2.45, 2.75) is 65.7 Å². The zero-order valence-electron chi connectivity index (χ0n) is 11.0. The van der Waals surface area contributed by atoms with Gasteiger partial charge in [0, 0.05) is 19.0 Å². The summed E-state index contributed by atoms with van der Waals surface area (Å²) < 4.78 is 0. The molecule has 0 radical (unpaired) electrons. The molecular weight excluding hydrogens is 190 g/mol. The number of hydrogen-bond donors (Lipinski definition) is 3. The van der Waals surface area contributed by atoms with Crippen LogP contribution in [0.1, 0.15) is 48.0 Å². The van der Waals surface area contributed by atoms with Crippen molar-refractivity contribution in [3.8, 4) is 0 Å². The van der Waals surface area contributed by atoms with Crippen LogP contribution < -0.4 is 5.32 Å². The van der Waals surface area contributed by atoms with Gasteiger partial charge in [-0.05, 0) is 12.3 Å². The average Bonchev–Trinajstić information content (AvgIpc) is 1.97. The summed E-state index contributed by atoms with van der Waals surface area (Å²) in [7, 11) is 0. The van der Waals surface area contributed by atoms with E-state index in [1.807, 2.05) is 34.6 Å². The summed E-state index contributed by atoms with van der Waals surface area (Å²) in [6, 6.07) is 0.360. The topological polar surface area (TPSA) is 52.5 Å². The van der Waals surface area contributed by atoms with Gasteiger partial charge < -0.3 is 15.5 Å². The lowest BCUT2D eigenvalue weighted by atomic mass is 9.74. The lowest BCUT2D eigenvalue weighted by Gasteiger charge is -2.38. The molecular formula is C12H27NO2. The summed E-state index contributed by atoms with van der Waals surface area (Å²) in [4.78, 5) is 0. The summed E-state index contributed by atoms with van der Waals surface area (Å²) in [6.07, 6.45) is -0.0995. The van der Waals surface area contributed by atoms with Crippen LogP contribution in [-0.4, -0.2) is 34.5 Å². The van der Waals surface area contributed by atoms with Crippen LogP contribution in [0.3, 0.4) is 0 Å². The molecule has 0 aliphatic rings. The zero-order chi connectivity index (χ0) is 12.3. The maximum absolute atomic E-state index is 10.2. The molecule has 0 unspecified atom stereocenters. The highest BCUT2D eigenvalue weighted by atomic mass is 16.3. The molecule has 0 heterocycles. The molecule has 0 aromatic heterocycles. The van der Waals surface area contributed by atoms with E-state index < -0.39 is 11.7 Å². The van der Waals surface area contributed by atoms with Crippen molar-refractivity contribution in [3.05, 3.63) is 0 Å². The van der Waals surface area contributed by atoms with Crippen LogP contribution >= 0.6 is 0 Å². The van der Waals surface area contributed by atoms with Crippen molar-refractivity contribution in [1.29, 1.82) is 0 Å². The van der Waals surface area contributed by atoms with E-state index in [4.69, 9.17) is 0 Å². The summed E-state index contributed by atoms with van der Waals surface area (Å²) in [5.41, 5.74) is -1.06. The van der Waals surface area contributed by atoms with Gasteiger partial charge in [-0.3, -0.25) is 0 Å². The van der Waals surface area contributed by atoms with Crippen LogP contribution in [0, 0.1) is 5.41 Å². The second-order valence-electron chi connectivity index (χ2n) is 5.94. The Morgan fingerprint density at radius 1 is 1.13 bits per heavy atom. The second-order valence-corrected chi connectivity index (χ2v) is 5.94. The van der Waals surface area contributed by atoms with Crippen LogP contribution in [0.4, 0.5) is 0 Å². The smallest absolute Gasteiger partial charge is 0.0692 e. The van der Waals surface area contributed by atoms with E-state index in [0.717, 1.165) is 0 Å². The maximum atomic E-state index is 10.2. The predicted molar refractivity (Wildman–Crippen MR) is 63.8 cm³/mol. The molecule has 0 aliphatic heterocycles. The van der Waals surface area contributed by atoms with Gasteiger partial charge in [0.15, 0.2) is 0 Å². The highest BCUT2D eigenvalue weighted by molar-refractivity contribution is 4.88. The van der Waals surface area contributed by atoms with E-state index in [-0.39, 0.29) is 5.41 Å². The third-order valence-corrected chi connectivity index (χ3v) is 3.01. The normalized spacial score (nSPS) is 19.0. The van der Waals surface area contributed by atoms with E-state index >= 15 is 0 Å². The first-order chi connectivity index (χ1) is 6.56. The van der Waals surface area contributed by atoms with Gasteiger partial charge in [0.1, 0.15) is 0 Å². The van der Waals surface area contributed by atoms with Crippen molar-refractivity contribution in [3.63, 3.8) is 0 Å². The first kappa shape index (κ1) is 14.9. The molecule has 0 aliphatic carbocycles. The number of aliphatic hydroxyl groups excluding tert-OH is 1. The minimum absolute atomic E-state index is 0.216. The monoisotopic (exact) mass is 217 g/mol. The van der Waals surface area contributed by atoms with Crippen molar-refractivity contribution in [2.24, 2.45) is 5.41 Å². The van der Waals surface area contributed by atoms with Crippen molar-refractivity contribution >= 4 is 0 Å². The molecule has 0 amide bonds. The molecule has 3 heteroatoms. The largest absolute Gasteiger partial charge is 0.392 e. The van der Waals surface area contributed by atoms with Gasteiger partial charge in [-0.2, -0.15) is 0 Å². The minimum atomic E-state index is -0.842. The van der Waals surface area contributed by atoms with Crippen LogP contribution in [0.5, 0.6) is 0 Å². The van der Waals surface area contributed by atoms with E-state index in [1.165, 1.54) is 0 Å². The highest BCUT2D eigenvalue weighted by Crippen LogP contribution is 2.33. The molecule has 92 valence electrons. The maximum Gasteiger partial charge on any atom is 0.0692 e. The first-order valence-electron chi connectivity index (χ1n) is 5.70. The molecule has 0 aromatic rings. The summed E-state index contributed by atoms with van der Waals surface area (Å²) in [6.45, 7) is 12.3. The molecule has 2 atom stereocenters. The summed E-state index contributed by atoms with van der Waals surface area (Å²) >= 11 is 0. The molecule has 0 bridgehead atoms. The van der Waals surface area contributed by atoms with Crippen LogP contribution in [0.15, 0.2) is 0 Å². The van der Waals surface area contributed by atoms with Gasteiger partial charge >= 0.3 is 0 Å². The molecule has 0 aromatic carbocycles. The fourth-order valence-corrected chi connectivity index (χ4v) is 1.21. The number of nitrogens with one attached hydrogen (secondary N) is 1. The summed E-state index contributed by atoms with van der Waals surface area (Å²) in [5, 5.41) is 23.1. The summed E-state index contributed by atoms with van der Waals surface area (Å²) in [5.74, 6) is 0. The van der Waals surface area contributed by atoms with Crippen molar-refractivity contribution < 1.29 is 10.2 Å². The van der Waals surface area contributed by atoms with Crippen molar-refractivity contribution in [2.75, 3.05) is 6.54 Å². The fourth-order valence-electron chi connectivity index (χ4n) is 1.21. The van der Waals surface area contributed by atoms with Crippen molar-refractivity contribution in [1.82, 2.24) is 5.32 Å². The van der Waals surface area contributed by atoms with E-state index in [2.05, 4.69) is 5.32 Å². The molecule has 3 N–H and O–H groups in total. The molecule has 0 saturated carbocycles. The van der Waals surface area contributed by atoms with Crippen LogP contribution in [0.25, 0.3) is 0 Å².